The van der Waals surface area contributed by atoms with Crippen LogP contribution >= 0.6 is 11.6 Å². The van der Waals surface area contributed by atoms with Crippen LogP contribution in [0.1, 0.15) is 56.6 Å². The molecule has 1 aliphatic rings. The van der Waals surface area contributed by atoms with E-state index in [1.807, 2.05) is 48.5 Å². The van der Waals surface area contributed by atoms with E-state index in [1.165, 1.54) is 12.8 Å². The number of benzene rings is 2. The first-order chi connectivity index (χ1) is 15.1. The monoisotopic (exact) mass is 445 g/mol. The van der Waals surface area contributed by atoms with Crippen LogP contribution in [0.2, 0.25) is 5.02 Å². The third kappa shape index (κ3) is 6.45. The summed E-state index contributed by atoms with van der Waals surface area (Å²) in [5.74, 6) is 0.777. The van der Waals surface area contributed by atoms with Crippen molar-refractivity contribution in [3.63, 3.8) is 0 Å². The second-order valence-electron chi connectivity index (χ2n) is 8.37. The molecule has 2 aromatic rings. The second-order valence-corrected chi connectivity index (χ2v) is 8.81. The number of morpholine rings is 1. The second kappa shape index (κ2) is 11.9. The summed E-state index contributed by atoms with van der Waals surface area (Å²) in [5, 5.41) is 12.7. The molecule has 0 amide bonds. The number of hydrogen-bond donors (Lipinski definition) is 1. The summed E-state index contributed by atoms with van der Waals surface area (Å²) < 4.78 is 11.4. The number of hydrogen-bond acceptors (Lipinski definition) is 4. The maximum atomic E-state index is 12.0. The van der Waals surface area contributed by atoms with Gasteiger partial charge in [-0.25, -0.2) is 0 Å². The van der Waals surface area contributed by atoms with E-state index in [4.69, 9.17) is 21.1 Å². The summed E-state index contributed by atoms with van der Waals surface area (Å²) in [6.07, 6.45) is 4.04. The van der Waals surface area contributed by atoms with Crippen LogP contribution in [-0.4, -0.2) is 49.5 Å². The molecule has 170 valence electrons. The Morgan fingerprint density at radius 3 is 2.32 bits per heavy atom. The Morgan fingerprint density at radius 2 is 1.71 bits per heavy atom. The fraction of sp³-hybridized carbons (Fsp3) is 0.538. The molecule has 1 aliphatic heterocycles. The molecule has 0 bridgehead atoms. The Hall–Kier alpha value is -1.59. The van der Waals surface area contributed by atoms with Crippen molar-refractivity contribution in [3.8, 4) is 5.75 Å². The minimum Gasteiger partial charge on any atom is -0.494 e. The quantitative estimate of drug-likeness (QED) is 0.455. The standard InChI is InChI=1S/C26H36ClNO3/c1-3-5-6-17-31-24-13-9-22(10-14-24)26(29,4-2)25(20-28-15-18-30-19-16-28)21-7-11-23(27)12-8-21/h7-14,25,29H,3-6,15-20H2,1-2H3. The summed E-state index contributed by atoms with van der Waals surface area (Å²) in [6.45, 7) is 8.98. The van der Waals surface area contributed by atoms with Gasteiger partial charge in [-0.05, 0) is 48.2 Å². The zero-order valence-corrected chi connectivity index (χ0v) is 19.6. The van der Waals surface area contributed by atoms with Gasteiger partial charge in [0, 0.05) is 30.6 Å². The van der Waals surface area contributed by atoms with E-state index in [1.54, 1.807) is 0 Å². The average Bonchev–Trinajstić information content (AvgIpc) is 2.81. The first-order valence-corrected chi connectivity index (χ1v) is 12.0. The molecule has 0 spiro atoms. The smallest absolute Gasteiger partial charge is 0.119 e. The molecule has 1 saturated heterocycles. The highest BCUT2D eigenvalue weighted by atomic mass is 35.5. The number of unbranched alkanes of at least 4 members (excludes halogenated alkanes) is 2. The molecule has 5 heteroatoms. The Labute approximate surface area is 192 Å². The summed E-state index contributed by atoms with van der Waals surface area (Å²) in [7, 11) is 0. The number of aliphatic hydroxyl groups is 1. The van der Waals surface area contributed by atoms with E-state index in [-0.39, 0.29) is 5.92 Å². The zero-order valence-electron chi connectivity index (χ0n) is 18.9. The largest absolute Gasteiger partial charge is 0.494 e. The molecule has 0 radical (unpaired) electrons. The van der Waals surface area contributed by atoms with Crippen molar-refractivity contribution in [3.05, 3.63) is 64.7 Å². The van der Waals surface area contributed by atoms with Gasteiger partial charge in [0.25, 0.3) is 0 Å². The predicted octanol–water partition coefficient (Wildman–Crippen LogP) is 5.62. The van der Waals surface area contributed by atoms with E-state index in [0.717, 1.165) is 62.8 Å². The maximum absolute atomic E-state index is 12.0. The van der Waals surface area contributed by atoms with Crippen molar-refractivity contribution in [1.29, 1.82) is 0 Å². The van der Waals surface area contributed by atoms with Crippen molar-refractivity contribution >= 4 is 11.6 Å². The van der Waals surface area contributed by atoms with E-state index in [0.29, 0.717) is 11.4 Å². The first kappa shape index (κ1) is 24.1. The summed E-state index contributed by atoms with van der Waals surface area (Å²) in [6, 6.07) is 15.9. The van der Waals surface area contributed by atoms with Gasteiger partial charge in [-0.15, -0.1) is 0 Å². The van der Waals surface area contributed by atoms with Gasteiger partial charge in [0.1, 0.15) is 5.75 Å². The van der Waals surface area contributed by atoms with Crippen LogP contribution in [-0.2, 0) is 10.3 Å². The summed E-state index contributed by atoms with van der Waals surface area (Å²) in [5.41, 5.74) is 1.02. The van der Waals surface area contributed by atoms with Crippen molar-refractivity contribution in [1.82, 2.24) is 4.90 Å². The SMILES string of the molecule is CCCCCOc1ccc(C(O)(CC)C(CN2CCOCC2)c2ccc(Cl)cc2)cc1. The molecule has 2 atom stereocenters. The van der Waals surface area contributed by atoms with Crippen molar-refractivity contribution in [2.24, 2.45) is 0 Å². The minimum atomic E-state index is -0.993. The van der Waals surface area contributed by atoms with Crippen LogP contribution in [0.15, 0.2) is 48.5 Å². The van der Waals surface area contributed by atoms with Gasteiger partial charge >= 0.3 is 0 Å². The Kier molecular flexibility index (Phi) is 9.21. The van der Waals surface area contributed by atoms with Gasteiger partial charge in [0.05, 0.1) is 25.4 Å². The molecule has 2 unspecified atom stereocenters. The first-order valence-electron chi connectivity index (χ1n) is 11.6. The zero-order chi connectivity index (χ0) is 22.1. The molecule has 1 fully saturated rings. The third-order valence-electron chi connectivity index (χ3n) is 6.30. The number of nitrogens with zero attached hydrogens (tertiary/aromatic N) is 1. The van der Waals surface area contributed by atoms with Gasteiger partial charge in [-0.1, -0.05) is 62.6 Å². The average molecular weight is 446 g/mol. The summed E-state index contributed by atoms with van der Waals surface area (Å²) in [4.78, 5) is 2.38. The van der Waals surface area contributed by atoms with Crippen LogP contribution < -0.4 is 4.74 Å². The lowest BCUT2D eigenvalue weighted by molar-refractivity contribution is -0.0250. The fourth-order valence-corrected chi connectivity index (χ4v) is 4.43. The molecular formula is C26H36ClNO3. The number of halogens is 1. The third-order valence-corrected chi connectivity index (χ3v) is 6.56. The molecule has 4 nitrogen and oxygen atoms in total. The van der Waals surface area contributed by atoms with Crippen molar-refractivity contribution < 1.29 is 14.6 Å². The normalized spacial score (nSPS) is 17.8. The number of ether oxygens (including phenoxy) is 2. The molecule has 1 heterocycles. The highest BCUT2D eigenvalue weighted by Gasteiger charge is 2.39. The number of rotatable bonds is 11. The van der Waals surface area contributed by atoms with Gasteiger partial charge in [-0.3, -0.25) is 4.90 Å². The van der Waals surface area contributed by atoms with Gasteiger partial charge in [0.15, 0.2) is 0 Å². The lowest BCUT2D eigenvalue weighted by Gasteiger charge is -2.40. The molecule has 0 saturated carbocycles. The van der Waals surface area contributed by atoms with E-state index < -0.39 is 5.60 Å². The molecule has 0 aliphatic carbocycles. The van der Waals surface area contributed by atoms with Crippen LogP contribution in [0, 0.1) is 0 Å². The highest BCUT2D eigenvalue weighted by Crippen LogP contribution is 2.41. The van der Waals surface area contributed by atoms with Crippen molar-refractivity contribution in [2.45, 2.75) is 51.0 Å². The van der Waals surface area contributed by atoms with Crippen molar-refractivity contribution in [2.75, 3.05) is 39.5 Å². The molecule has 0 aromatic heterocycles. The summed E-state index contributed by atoms with van der Waals surface area (Å²) >= 11 is 6.15. The molecular weight excluding hydrogens is 410 g/mol. The van der Waals surface area contributed by atoms with Gasteiger partial charge in [-0.2, -0.15) is 0 Å². The lowest BCUT2D eigenvalue weighted by Crippen LogP contribution is -2.44. The van der Waals surface area contributed by atoms with Gasteiger partial charge < -0.3 is 14.6 Å². The molecule has 3 rings (SSSR count). The molecule has 31 heavy (non-hydrogen) atoms. The van der Waals surface area contributed by atoms with E-state index in [2.05, 4.69) is 18.7 Å². The predicted molar refractivity (Wildman–Crippen MR) is 127 cm³/mol. The Morgan fingerprint density at radius 1 is 1.03 bits per heavy atom. The van der Waals surface area contributed by atoms with Gasteiger partial charge in [0.2, 0.25) is 0 Å². The maximum Gasteiger partial charge on any atom is 0.119 e. The Bertz CT molecular complexity index is 774. The Balaban J connectivity index is 1.84. The van der Waals surface area contributed by atoms with Crippen LogP contribution in [0.4, 0.5) is 0 Å². The minimum absolute atomic E-state index is 0.0795. The van der Waals surface area contributed by atoms with Crippen LogP contribution in [0.5, 0.6) is 5.75 Å². The van der Waals surface area contributed by atoms with Crippen LogP contribution in [0.25, 0.3) is 0 Å². The molecule has 2 aromatic carbocycles. The fourth-order valence-electron chi connectivity index (χ4n) is 4.30. The topological polar surface area (TPSA) is 41.9 Å². The molecule has 1 N–H and O–H groups in total. The lowest BCUT2D eigenvalue weighted by atomic mass is 9.75. The van der Waals surface area contributed by atoms with Crippen LogP contribution in [0.3, 0.4) is 0 Å². The van der Waals surface area contributed by atoms with E-state index >= 15 is 0 Å². The highest BCUT2D eigenvalue weighted by molar-refractivity contribution is 6.30. The van der Waals surface area contributed by atoms with E-state index in [9.17, 15) is 5.11 Å².